The van der Waals surface area contributed by atoms with Crippen LogP contribution < -0.4 is 10.2 Å². The van der Waals surface area contributed by atoms with Crippen LogP contribution in [0.15, 0.2) is 43.0 Å². The molecule has 1 saturated carbocycles. The summed E-state index contributed by atoms with van der Waals surface area (Å²) in [7, 11) is 0. The molecule has 1 unspecified atom stereocenters. The third-order valence-electron chi connectivity index (χ3n) is 7.07. The second kappa shape index (κ2) is 7.56. The van der Waals surface area contributed by atoms with Crippen LogP contribution in [-0.2, 0) is 16.7 Å². The average Bonchev–Trinajstić information content (AvgIpc) is 3.34. The van der Waals surface area contributed by atoms with Gasteiger partial charge in [-0.1, -0.05) is 5.21 Å². The Hall–Kier alpha value is -3.91. The number of piperidine rings is 1. The zero-order valence-electron chi connectivity index (χ0n) is 17.9. The van der Waals surface area contributed by atoms with Crippen molar-refractivity contribution in [2.24, 2.45) is 11.8 Å². The number of nitriles is 1. The van der Waals surface area contributed by atoms with Crippen LogP contribution in [0.25, 0.3) is 11.1 Å². The topological polar surface area (TPSA) is 109 Å². The van der Waals surface area contributed by atoms with E-state index < -0.39 is 29.2 Å². The molecular formula is C23H19F2N7O2. The van der Waals surface area contributed by atoms with E-state index in [1.165, 1.54) is 22.0 Å². The molecule has 4 heterocycles. The average molecular weight is 463 g/mol. The number of cyclic esters (lactones) is 1. The lowest BCUT2D eigenvalue weighted by molar-refractivity contribution is 0.129. The number of hydrogen-bond donors (Lipinski definition) is 1. The number of nitrogens with one attached hydrogen (secondary N) is 1. The van der Waals surface area contributed by atoms with Crippen molar-refractivity contribution in [2.45, 2.75) is 18.1 Å². The molecule has 2 aliphatic heterocycles. The molecule has 34 heavy (non-hydrogen) atoms. The van der Waals surface area contributed by atoms with Gasteiger partial charge in [0.1, 0.15) is 17.7 Å². The Kier molecular flexibility index (Phi) is 4.60. The maximum Gasteiger partial charge on any atom is 0.414 e. The molecule has 11 heteroatoms. The number of anilines is 1. The van der Waals surface area contributed by atoms with Gasteiger partial charge in [-0.25, -0.2) is 18.3 Å². The van der Waals surface area contributed by atoms with Crippen LogP contribution in [0.3, 0.4) is 0 Å². The number of aromatic nitrogens is 4. The molecule has 1 amide bonds. The van der Waals surface area contributed by atoms with E-state index >= 15 is 8.78 Å². The van der Waals surface area contributed by atoms with Crippen LogP contribution in [0.1, 0.15) is 5.56 Å². The maximum absolute atomic E-state index is 15.4. The summed E-state index contributed by atoms with van der Waals surface area (Å²) in [6.45, 7) is 1.77. The van der Waals surface area contributed by atoms with Gasteiger partial charge in [0.05, 0.1) is 42.0 Å². The molecule has 3 aromatic rings. The van der Waals surface area contributed by atoms with Crippen molar-refractivity contribution in [3.8, 4) is 17.2 Å². The number of pyridine rings is 1. The minimum atomic E-state index is -0.839. The smallest absolute Gasteiger partial charge is 0.414 e. The Morgan fingerprint density at radius 2 is 2.00 bits per heavy atom. The van der Waals surface area contributed by atoms with Gasteiger partial charge in [-0.2, -0.15) is 5.26 Å². The minimum Gasteiger partial charge on any atom is -0.442 e. The number of rotatable bonds is 5. The molecule has 0 spiro atoms. The standard InChI is InChI=1S/C23H19F2N7O2/c24-19-5-13(32-11-14(34-22(32)33)10-31-4-3-29-30-31)6-20(25)21(19)15-7-27-2-1-16(15)23(12-26)17-8-28-9-18(17)23/h1-7,14,17-18,28H,8-11H2/t14-,17-,18+,23?/m0/s1. The summed E-state index contributed by atoms with van der Waals surface area (Å²) < 4.78 is 37.6. The summed E-state index contributed by atoms with van der Waals surface area (Å²) in [6.07, 6.45) is 4.85. The van der Waals surface area contributed by atoms with Crippen molar-refractivity contribution < 1.29 is 18.3 Å². The van der Waals surface area contributed by atoms with Gasteiger partial charge in [-0.15, -0.1) is 5.10 Å². The predicted molar refractivity (Wildman–Crippen MR) is 114 cm³/mol. The molecular weight excluding hydrogens is 444 g/mol. The van der Waals surface area contributed by atoms with Crippen LogP contribution in [-0.4, -0.2) is 51.8 Å². The van der Waals surface area contributed by atoms with Crippen LogP contribution in [0.4, 0.5) is 19.3 Å². The van der Waals surface area contributed by atoms with E-state index in [4.69, 9.17) is 4.74 Å². The summed E-state index contributed by atoms with van der Waals surface area (Å²) in [5.41, 5.74) is -0.147. The molecule has 9 nitrogen and oxygen atoms in total. The highest BCUT2D eigenvalue weighted by Gasteiger charge is 2.68. The second-order valence-corrected chi connectivity index (χ2v) is 8.80. The SMILES string of the molecule is N#CC1(c2ccncc2-c2c(F)cc(N3C[C@H](Cn4ccnn4)OC3=O)cc2F)[C@@H]2CNC[C@@H]21. The van der Waals surface area contributed by atoms with Crippen molar-refractivity contribution in [3.63, 3.8) is 0 Å². The normalized spacial score (nSPS) is 27.4. The summed E-state index contributed by atoms with van der Waals surface area (Å²) in [5.74, 6) is -1.47. The van der Waals surface area contributed by atoms with Crippen molar-refractivity contribution in [3.05, 3.63) is 60.2 Å². The molecule has 1 aromatic carbocycles. The van der Waals surface area contributed by atoms with Crippen LogP contribution in [0, 0.1) is 34.8 Å². The van der Waals surface area contributed by atoms with E-state index in [1.807, 2.05) is 0 Å². The molecule has 3 aliphatic rings. The first-order chi connectivity index (χ1) is 16.5. The third kappa shape index (κ3) is 2.99. The number of nitrogens with zero attached hydrogens (tertiary/aromatic N) is 6. The second-order valence-electron chi connectivity index (χ2n) is 8.80. The quantitative estimate of drug-likeness (QED) is 0.618. The highest BCUT2D eigenvalue weighted by molar-refractivity contribution is 5.90. The van der Waals surface area contributed by atoms with E-state index in [0.717, 1.165) is 12.1 Å². The molecule has 6 rings (SSSR count). The lowest BCUT2D eigenvalue weighted by Gasteiger charge is -2.20. The molecule has 3 fully saturated rings. The largest absolute Gasteiger partial charge is 0.442 e. The first-order valence-corrected chi connectivity index (χ1v) is 10.9. The highest BCUT2D eigenvalue weighted by Crippen LogP contribution is 2.62. The van der Waals surface area contributed by atoms with E-state index in [1.54, 1.807) is 18.5 Å². The summed E-state index contributed by atoms with van der Waals surface area (Å²) in [4.78, 5) is 17.7. The molecule has 0 bridgehead atoms. The number of benzene rings is 1. The Balaban J connectivity index is 1.33. The lowest BCUT2D eigenvalue weighted by atomic mass is 9.86. The number of carbonyl (C=O) groups is 1. The third-order valence-corrected chi connectivity index (χ3v) is 7.07. The van der Waals surface area contributed by atoms with Gasteiger partial charge in [0.25, 0.3) is 0 Å². The van der Waals surface area contributed by atoms with Crippen LogP contribution in [0.5, 0.6) is 0 Å². The monoisotopic (exact) mass is 463 g/mol. The van der Waals surface area contributed by atoms with Crippen molar-refractivity contribution in [2.75, 3.05) is 24.5 Å². The Morgan fingerprint density at radius 1 is 1.24 bits per heavy atom. The number of carbonyl (C=O) groups excluding carboxylic acids is 1. The molecule has 1 N–H and O–H groups in total. The molecule has 1 aliphatic carbocycles. The lowest BCUT2D eigenvalue weighted by Crippen LogP contribution is -2.26. The predicted octanol–water partition coefficient (Wildman–Crippen LogP) is 2.25. The Morgan fingerprint density at radius 3 is 2.68 bits per heavy atom. The highest BCUT2D eigenvalue weighted by atomic mass is 19.1. The van der Waals surface area contributed by atoms with Gasteiger partial charge in [0.15, 0.2) is 0 Å². The molecule has 0 radical (unpaired) electrons. The minimum absolute atomic E-state index is 0.0535. The molecule has 2 saturated heterocycles. The molecule has 2 aromatic heterocycles. The summed E-state index contributed by atoms with van der Waals surface area (Å²) in [5, 5.41) is 20.8. The number of amides is 1. The summed E-state index contributed by atoms with van der Waals surface area (Å²) >= 11 is 0. The fourth-order valence-electron chi connectivity index (χ4n) is 5.46. The van der Waals surface area contributed by atoms with Crippen molar-refractivity contribution in [1.82, 2.24) is 25.3 Å². The molecule has 4 atom stereocenters. The van der Waals surface area contributed by atoms with Gasteiger partial charge >= 0.3 is 6.09 Å². The maximum atomic E-state index is 15.4. The number of halogens is 2. The van der Waals surface area contributed by atoms with Gasteiger partial charge in [-0.3, -0.25) is 9.88 Å². The Bertz CT molecular complexity index is 1290. The van der Waals surface area contributed by atoms with E-state index in [2.05, 4.69) is 26.7 Å². The van der Waals surface area contributed by atoms with Gasteiger partial charge in [0.2, 0.25) is 0 Å². The van der Waals surface area contributed by atoms with Crippen molar-refractivity contribution >= 4 is 11.8 Å². The fourth-order valence-corrected chi connectivity index (χ4v) is 5.46. The fraction of sp³-hybridized carbons (Fsp3) is 0.348. The van der Waals surface area contributed by atoms with E-state index in [-0.39, 0.29) is 41.7 Å². The Labute approximate surface area is 193 Å². The van der Waals surface area contributed by atoms with Gasteiger partial charge in [-0.05, 0) is 23.8 Å². The zero-order chi connectivity index (χ0) is 23.4. The molecule has 172 valence electrons. The van der Waals surface area contributed by atoms with Gasteiger partial charge in [0, 0.05) is 49.1 Å². The zero-order valence-corrected chi connectivity index (χ0v) is 17.9. The number of fused-ring (bicyclic) bond motifs is 1. The van der Waals surface area contributed by atoms with E-state index in [0.29, 0.717) is 18.7 Å². The van der Waals surface area contributed by atoms with Crippen molar-refractivity contribution in [1.29, 1.82) is 5.26 Å². The number of hydrogen-bond acceptors (Lipinski definition) is 7. The number of ether oxygens (including phenoxy) is 1. The van der Waals surface area contributed by atoms with E-state index in [9.17, 15) is 10.1 Å². The first-order valence-electron chi connectivity index (χ1n) is 10.9. The summed E-state index contributed by atoms with van der Waals surface area (Å²) in [6, 6.07) is 6.32. The van der Waals surface area contributed by atoms with Gasteiger partial charge < -0.3 is 10.1 Å². The van der Waals surface area contributed by atoms with Crippen LogP contribution in [0.2, 0.25) is 0 Å². The van der Waals surface area contributed by atoms with Crippen LogP contribution >= 0.6 is 0 Å². The first kappa shape index (κ1) is 20.7.